The molecule has 26 heavy (non-hydrogen) atoms. The molecule has 0 amide bonds. The van der Waals surface area contributed by atoms with Crippen LogP contribution in [0.2, 0.25) is 0 Å². The fourth-order valence-electron chi connectivity index (χ4n) is 3.63. The number of nitrogens with zero attached hydrogens (tertiary/aromatic N) is 1. The average molecular weight is 351 g/mol. The number of phenolic OH excluding ortho intramolecular Hbond substituents is 1. The standard InChI is InChI=1S/C23H29NO2/c1-15(2)21(14-25)24-16(3)22-19-10-8-17-4-6-18(7-5-17)9-11-20(13-12-19)23(22)26/h4-7,12-13,15,21,25-26H,8-11,14H2,1-3H3. The minimum Gasteiger partial charge on any atom is -0.507 e. The van der Waals surface area contributed by atoms with Crippen LogP contribution >= 0.6 is 0 Å². The molecule has 4 aliphatic rings. The zero-order valence-corrected chi connectivity index (χ0v) is 16.0. The Morgan fingerprint density at radius 1 is 0.923 bits per heavy atom. The molecule has 4 bridgehead atoms. The van der Waals surface area contributed by atoms with Gasteiger partial charge in [-0.15, -0.1) is 0 Å². The first-order chi connectivity index (χ1) is 12.5. The predicted molar refractivity (Wildman–Crippen MR) is 107 cm³/mol. The molecule has 0 heterocycles. The highest BCUT2D eigenvalue weighted by molar-refractivity contribution is 6.03. The van der Waals surface area contributed by atoms with Gasteiger partial charge in [0.2, 0.25) is 0 Å². The fraction of sp³-hybridized carbons (Fsp3) is 0.435. The van der Waals surface area contributed by atoms with Gasteiger partial charge in [0.15, 0.2) is 0 Å². The average Bonchev–Trinajstić information content (AvgIpc) is 2.62. The van der Waals surface area contributed by atoms with E-state index in [0.29, 0.717) is 5.75 Å². The second-order valence-electron chi connectivity index (χ2n) is 7.63. The number of aliphatic imine (C=N–C) groups is 1. The molecule has 6 rings (SSSR count). The minimum atomic E-state index is -0.142. The molecule has 1 atom stereocenters. The molecular formula is C23H29NO2. The second kappa shape index (κ2) is 8.05. The first kappa shape index (κ1) is 18.7. The van der Waals surface area contributed by atoms with E-state index in [9.17, 15) is 10.2 Å². The summed E-state index contributed by atoms with van der Waals surface area (Å²) >= 11 is 0. The number of hydrogen-bond acceptors (Lipinski definition) is 3. The highest BCUT2D eigenvalue weighted by Crippen LogP contribution is 2.30. The van der Waals surface area contributed by atoms with Crippen LogP contribution in [0.3, 0.4) is 0 Å². The second-order valence-corrected chi connectivity index (χ2v) is 7.63. The van der Waals surface area contributed by atoms with Gasteiger partial charge in [-0.2, -0.15) is 0 Å². The number of phenols is 1. The van der Waals surface area contributed by atoms with Gasteiger partial charge in [0.25, 0.3) is 0 Å². The Kier molecular flexibility index (Phi) is 5.77. The molecular weight excluding hydrogens is 322 g/mol. The third kappa shape index (κ3) is 3.99. The van der Waals surface area contributed by atoms with Crippen molar-refractivity contribution in [1.82, 2.24) is 0 Å². The van der Waals surface area contributed by atoms with Crippen LogP contribution in [0.5, 0.6) is 5.75 Å². The van der Waals surface area contributed by atoms with Crippen LogP contribution in [0.25, 0.3) is 0 Å². The normalized spacial score (nSPS) is 15.8. The molecule has 0 aliphatic heterocycles. The van der Waals surface area contributed by atoms with E-state index in [-0.39, 0.29) is 18.6 Å². The van der Waals surface area contributed by atoms with Crippen molar-refractivity contribution in [2.24, 2.45) is 10.9 Å². The number of rotatable bonds is 4. The Hall–Kier alpha value is -2.13. The number of aliphatic hydroxyl groups is 1. The Morgan fingerprint density at radius 3 is 2.00 bits per heavy atom. The molecule has 2 aromatic rings. The van der Waals surface area contributed by atoms with Crippen molar-refractivity contribution in [2.75, 3.05) is 6.61 Å². The summed E-state index contributed by atoms with van der Waals surface area (Å²) in [5, 5.41) is 20.6. The van der Waals surface area contributed by atoms with Crippen LogP contribution in [0.1, 0.15) is 48.6 Å². The monoisotopic (exact) mass is 351 g/mol. The van der Waals surface area contributed by atoms with Gasteiger partial charge >= 0.3 is 0 Å². The zero-order valence-electron chi connectivity index (χ0n) is 16.0. The summed E-state index contributed by atoms with van der Waals surface area (Å²) in [6.45, 7) is 6.10. The first-order valence-electron chi connectivity index (χ1n) is 9.56. The molecule has 3 nitrogen and oxygen atoms in total. The minimum absolute atomic E-state index is 0.0244. The van der Waals surface area contributed by atoms with Crippen LogP contribution in [0.15, 0.2) is 41.4 Å². The van der Waals surface area contributed by atoms with Crippen LogP contribution in [-0.4, -0.2) is 28.6 Å². The summed E-state index contributed by atoms with van der Waals surface area (Å²) in [7, 11) is 0. The molecule has 4 aliphatic carbocycles. The van der Waals surface area contributed by atoms with E-state index in [1.165, 1.54) is 11.1 Å². The summed E-state index contributed by atoms with van der Waals surface area (Å²) in [6.07, 6.45) is 3.52. The molecule has 3 heteroatoms. The lowest BCUT2D eigenvalue weighted by molar-refractivity contribution is 0.240. The van der Waals surface area contributed by atoms with E-state index < -0.39 is 0 Å². The number of aryl methyl sites for hydroxylation is 4. The lowest BCUT2D eigenvalue weighted by Crippen LogP contribution is -2.20. The summed E-state index contributed by atoms with van der Waals surface area (Å²) in [4.78, 5) is 4.74. The van der Waals surface area contributed by atoms with E-state index in [1.54, 1.807) is 0 Å². The van der Waals surface area contributed by atoms with E-state index >= 15 is 0 Å². The lowest BCUT2D eigenvalue weighted by Gasteiger charge is -2.19. The van der Waals surface area contributed by atoms with Gasteiger partial charge in [-0.3, -0.25) is 4.99 Å². The molecule has 0 saturated heterocycles. The van der Waals surface area contributed by atoms with Gasteiger partial charge < -0.3 is 10.2 Å². The van der Waals surface area contributed by atoms with Gasteiger partial charge in [0.05, 0.1) is 12.6 Å². The number of benzene rings is 2. The molecule has 0 fully saturated rings. The topological polar surface area (TPSA) is 52.8 Å². The summed E-state index contributed by atoms with van der Waals surface area (Å²) in [5.41, 5.74) is 6.37. The Labute approximate surface area is 156 Å². The van der Waals surface area contributed by atoms with Crippen molar-refractivity contribution in [2.45, 2.75) is 52.5 Å². The van der Waals surface area contributed by atoms with Crippen LogP contribution < -0.4 is 0 Å². The SMILES string of the molecule is CC(=NC(CO)C(C)C)c1c2ccc(c1O)CCc1ccc(cc1)CC2. The largest absolute Gasteiger partial charge is 0.507 e. The number of aromatic hydroxyl groups is 1. The molecule has 0 saturated carbocycles. The third-order valence-electron chi connectivity index (χ3n) is 5.41. The summed E-state index contributed by atoms with van der Waals surface area (Å²) < 4.78 is 0. The zero-order chi connectivity index (χ0) is 18.7. The maximum Gasteiger partial charge on any atom is 0.128 e. The molecule has 138 valence electrons. The quantitative estimate of drug-likeness (QED) is 0.815. The maximum absolute atomic E-state index is 11.0. The van der Waals surface area contributed by atoms with Crippen molar-refractivity contribution in [3.05, 3.63) is 64.2 Å². The molecule has 0 aromatic heterocycles. The van der Waals surface area contributed by atoms with Gasteiger partial charge in [0, 0.05) is 11.3 Å². The van der Waals surface area contributed by atoms with Crippen molar-refractivity contribution >= 4 is 5.71 Å². The fourth-order valence-corrected chi connectivity index (χ4v) is 3.63. The Balaban J connectivity index is 2.04. The highest BCUT2D eigenvalue weighted by atomic mass is 16.3. The Morgan fingerprint density at radius 2 is 1.46 bits per heavy atom. The smallest absolute Gasteiger partial charge is 0.128 e. The Bertz CT molecular complexity index is 791. The molecule has 0 spiro atoms. The number of aliphatic hydroxyl groups excluding tert-OH is 1. The molecule has 0 radical (unpaired) electrons. The lowest BCUT2D eigenvalue weighted by atomic mass is 9.90. The van der Waals surface area contributed by atoms with Crippen molar-refractivity contribution < 1.29 is 10.2 Å². The third-order valence-corrected chi connectivity index (χ3v) is 5.41. The van der Waals surface area contributed by atoms with E-state index in [2.05, 4.69) is 50.2 Å². The van der Waals surface area contributed by atoms with Crippen molar-refractivity contribution in [3.63, 3.8) is 0 Å². The van der Waals surface area contributed by atoms with Crippen LogP contribution in [0.4, 0.5) is 0 Å². The molecule has 2 N–H and O–H groups in total. The highest BCUT2D eigenvalue weighted by Gasteiger charge is 2.18. The summed E-state index contributed by atoms with van der Waals surface area (Å²) in [6, 6.07) is 12.9. The van der Waals surface area contributed by atoms with E-state index in [0.717, 1.165) is 48.1 Å². The van der Waals surface area contributed by atoms with Gasteiger partial charge in [-0.1, -0.05) is 50.2 Å². The van der Waals surface area contributed by atoms with Crippen LogP contribution in [-0.2, 0) is 25.7 Å². The molecule has 2 aromatic carbocycles. The summed E-state index contributed by atoms with van der Waals surface area (Å²) in [5.74, 6) is 0.617. The van der Waals surface area contributed by atoms with Crippen molar-refractivity contribution in [3.8, 4) is 5.75 Å². The van der Waals surface area contributed by atoms with Crippen molar-refractivity contribution in [1.29, 1.82) is 0 Å². The predicted octanol–water partition coefficient (Wildman–Crippen LogP) is 4.10. The van der Waals surface area contributed by atoms with Gasteiger partial charge in [0.1, 0.15) is 5.75 Å². The van der Waals surface area contributed by atoms with Crippen LogP contribution in [0, 0.1) is 5.92 Å². The van der Waals surface area contributed by atoms with E-state index in [1.807, 2.05) is 6.92 Å². The number of hydrogen-bond donors (Lipinski definition) is 2. The first-order valence-corrected chi connectivity index (χ1v) is 9.56. The van der Waals surface area contributed by atoms with E-state index in [4.69, 9.17) is 4.99 Å². The molecule has 1 unspecified atom stereocenters. The van der Waals surface area contributed by atoms with Gasteiger partial charge in [-0.05, 0) is 60.8 Å². The maximum atomic E-state index is 11.0. The van der Waals surface area contributed by atoms with Gasteiger partial charge in [-0.25, -0.2) is 0 Å².